The van der Waals surface area contributed by atoms with Gasteiger partial charge in [0.15, 0.2) is 6.61 Å². The molecule has 8 heteroatoms. The van der Waals surface area contributed by atoms with Crippen molar-refractivity contribution in [1.82, 2.24) is 14.4 Å². The van der Waals surface area contributed by atoms with Crippen molar-refractivity contribution in [2.45, 2.75) is 39.4 Å². The second-order valence-electron chi connectivity index (χ2n) is 7.96. The molecule has 1 aromatic carbocycles. The van der Waals surface area contributed by atoms with Gasteiger partial charge in [-0.05, 0) is 61.9 Å². The SMILES string of the molecule is CCC(C)N(CC(=O)N(Cc1ccco1)Cc1cccn1C)C(=O)COc1ccc(Cl)cc1. The smallest absolute Gasteiger partial charge is 0.261 e. The van der Waals surface area contributed by atoms with E-state index in [2.05, 4.69) is 0 Å². The van der Waals surface area contributed by atoms with E-state index < -0.39 is 0 Å². The maximum Gasteiger partial charge on any atom is 0.261 e. The summed E-state index contributed by atoms with van der Waals surface area (Å²) < 4.78 is 13.1. The lowest BCUT2D eigenvalue weighted by atomic mass is 10.2. The van der Waals surface area contributed by atoms with Gasteiger partial charge in [-0.15, -0.1) is 0 Å². The molecule has 0 aliphatic rings. The van der Waals surface area contributed by atoms with Gasteiger partial charge in [-0.2, -0.15) is 0 Å². The van der Waals surface area contributed by atoms with Gasteiger partial charge in [0.05, 0.1) is 19.4 Å². The summed E-state index contributed by atoms with van der Waals surface area (Å²) >= 11 is 5.90. The van der Waals surface area contributed by atoms with E-state index in [0.29, 0.717) is 29.6 Å². The maximum absolute atomic E-state index is 13.4. The number of amides is 2. The molecule has 1 atom stereocenters. The lowest BCUT2D eigenvalue weighted by Gasteiger charge is -2.31. The van der Waals surface area contributed by atoms with Gasteiger partial charge >= 0.3 is 0 Å². The number of hydrogen-bond acceptors (Lipinski definition) is 4. The fourth-order valence-electron chi connectivity index (χ4n) is 3.39. The Hall–Kier alpha value is -3.19. The summed E-state index contributed by atoms with van der Waals surface area (Å²) in [6, 6.07) is 14.2. The molecule has 0 saturated heterocycles. The lowest BCUT2D eigenvalue weighted by Crippen LogP contribution is -2.47. The third-order valence-electron chi connectivity index (χ3n) is 5.61. The molecule has 3 aromatic rings. The predicted molar refractivity (Wildman–Crippen MR) is 127 cm³/mol. The first-order chi connectivity index (χ1) is 15.9. The molecule has 33 heavy (non-hydrogen) atoms. The summed E-state index contributed by atoms with van der Waals surface area (Å²) in [5.74, 6) is 0.827. The molecular formula is C25H30ClN3O4. The maximum atomic E-state index is 13.4. The third kappa shape index (κ3) is 6.89. The van der Waals surface area contributed by atoms with E-state index in [4.69, 9.17) is 20.8 Å². The molecule has 0 spiro atoms. The topological polar surface area (TPSA) is 67.9 Å². The number of nitrogens with zero attached hydrogens (tertiary/aromatic N) is 3. The molecule has 0 radical (unpaired) electrons. The van der Waals surface area contributed by atoms with Crippen LogP contribution in [0.5, 0.6) is 5.75 Å². The van der Waals surface area contributed by atoms with Crippen LogP contribution in [0.4, 0.5) is 0 Å². The van der Waals surface area contributed by atoms with Crippen molar-refractivity contribution >= 4 is 23.4 Å². The minimum absolute atomic E-state index is 0.0387. The molecule has 176 valence electrons. The number of ether oxygens (including phenoxy) is 1. The van der Waals surface area contributed by atoms with Crippen LogP contribution in [-0.4, -0.2) is 45.4 Å². The van der Waals surface area contributed by atoms with Crippen LogP contribution in [0.1, 0.15) is 31.7 Å². The summed E-state index contributed by atoms with van der Waals surface area (Å²) in [4.78, 5) is 29.7. The van der Waals surface area contributed by atoms with E-state index in [9.17, 15) is 9.59 Å². The van der Waals surface area contributed by atoms with E-state index in [1.54, 1.807) is 46.4 Å². The third-order valence-corrected chi connectivity index (χ3v) is 5.86. The number of rotatable bonds is 11. The molecule has 1 unspecified atom stereocenters. The number of aryl methyl sites for hydroxylation is 1. The van der Waals surface area contributed by atoms with Crippen molar-refractivity contribution in [3.8, 4) is 5.75 Å². The van der Waals surface area contributed by atoms with Gasteiger partial charge in [0, 0.05) is 30.0 Å². The van der Waals surface area contributed by atoms with Crippen LogP contribution in [0.3, 0.4) is 0 Å². The standard InChI is InChI=1S/C25H30ClN3O4/c1-4-19(2)29(25(31)18-33-22-11-9-20(26)10-12-22)17-24(30)28(16-23-8-6-14-32-23)15-21-7-5-13-27(21)3/h5-14,19H,4,15-18H2,1-3H3. The molecule has 2 heterocycles. The Kier molecular flexibility index (Phi) is 8.60. The zero-order chi connectivity index (χ0) is 23.8. The Labute approximate surface area is 199 Å². The van der Waals surface area contributed by atoms with Crippen molar-refractivity contribution < 1.29 is 18.7 Å². The van der Waals surface area contributed by atoms with Gasteiger partial charge in [-0.1, -0.05) is 18.5 Å². The van der Waals surface area contributed by atoms with E-state index in [0.717, 1.165) is 12.1 Å². The number of benzene rings is 1. The lowest BCUT2D eigenvalue weighted by molar-refractivity contribution is -0.144. The summed E-state index contributed by atoms with van der Waals surface area (Å²) in [7, 11) is 1.94. The quantitative estimate of drug-likeness (QED) is 0.412. The Balaban J connectivity index is 1.71. The highest BCUT2D eigenvalue weighted by Gasteiger charge is 2.26. The van der Waals surface area contributed by atoms with Crippen LogP contribution in [0.2, 0.25) is 5.02 Å². The van der Waals surface area contributed by atoms with Crippen LogP contribution in [0.25, 0.3) is 0 Å². The molecule has 0 aliphatic carbocycles. The first-order valence-corrected chi connectivity index (χ1v) is 11.3. The average molecular weight is 472 g/mol. The molecule has 3 rings (SSSR count). The molecule has 0 aliphatic heterocycles. The molecular weight excluding hydrogens is 442 g/mol. The number of hydrogen-bond donors (Lipinski definition) is 0. The fourth-order valence-corrected chi connectivity index (χ4v) is 3.52. The van der Waals surface area contributed by atoms with Crippen LogP contribution >= 0.6 is 11.6 Å². The molecule has 0 bridgehead atoms. The molecule has 2 aromatic heterocycles. The average Bonchev–Trinajstić information content (AvgIpc) is 3.47. The highest BCUT2D eigenvalue weighted by molar-refractivity contribution is 6.30. The Morgan fingerprint density at radius 3 is 2.45 bits per heavy atom. The normalized spacial score (nSPS) is 11.8. The van der Waals surface area contributed by atoms with Crippen molar-refractivity contribution in [2.75, 3.05) is 13.2 Å². The van der Waals surface area contributed by atoms with Crippen molar-refractivity contribution in [3.63, 3.8) is 0 Å². The number of aromatic nitrogens is 1. The van der Waals surface area contributed by atoms with Gasteiger partial charge in [-0.3, -0.25) is 9.59 Å². The second kappa shape index (κ2) is 11.6. The van der Waals surface area contributed by atoms with Gasteiger partial charge in [0.25, 0.3) is 5.91 Å². The van der Waals surface area contributed by atoms with E-state index >= 15 is 0 Å². The monoisotopic (exact) mass is 471 g/mol. The van der Waals surface area contributed by atoms with Gasteiger partial charge in [0.1, 0.15) is 18.1 Å². The summed E-state index contributed by atoms with van der Waals surface area (Å²) in [5, 5.41) is 0.593. The van der Waals surface area contributed by atoms with Gasteiger partial charge < -0.3 is 23.5 Å². The second-order valence-corrected chi connectivity index (χ2v) is 8.40. The summed E-state index contributed by atoms with van der Waals surface area (Å²) in [5.41, 5.74) is 0.988. The number of carbonyl (C=O) groups excluding carboxylic acids is 2. The predicted octanol–water partition coefficient (Wildman–Crippen LogP) is 4.51. The Morgan fingerprint density at radius 1 is 1.09 bits per heavy atom. The van der Waals surface area contributed by atoms with Crippen molar-refractivity contribution in [2.24, 2.45) is 7.05 Å². The van der Waals surface area contributed by atoms with E-state index in [-0.39, 0.29) is 31.0 Å². The Morgan fingerprint density at radius 2 is 1.85 bits per heavy atom. The highest BCUT2D eigenvalue weighted by Crippen LogP contribution is 2.17. The van der Waals surface area contributed by atoms with E-state index in [1.807, 2.05) is 49.9 Å². The Bertz CT molecular complexity index is 1030. The zero-order valence-electron chi connectivity index (χ0n) is 19.2. The van der Waals surface area contributed by atoms with Gasteiger partial charge in [0.2, 0.25) is 5.91 Å². The number of furan rings is 1. The van der Waals surface area contributed by atoms with Crippen molar-refractivity contribution in [1.29, 1.82) is 0 Å². The highest BCUT2D eigenvalue weighted by atomic mass is 35.5. The first kappa shape index (κ1) is 24.5. The molecule has 2 amide bonds. The molecule has 7 nitrogen and oxygen atoms in total. The van der Waals surface area contributed by atoms with Crippen LogP contribution < -0.4 is 4.74 Å². The van der Waals surface area contributed by atoms with E-state index in [1.165, 1.54) is 0 Å². The summed E-state index contributed by atoms with van der Waals surface area (Å²) in [6.07, 6.45) is 4.24. The first-order valence-electron chi connectivity index (χ1n) is 11.0. The van der Waals surface area contributed by atoms with Crippen LogP contribution in [0.15, 0.2) is 65.4 Å². The van der Waals surface area contributed by atoms with Crippen LogP contribution in [-0.2, 0) is 29.7 Å². The van der Waals surface area contributed by atoms with Gasteiger partial charge in [-0.25, -0.2) is 0 Å². The number of halogens is 1. The molecule has 0 N–H and O–H groups in total. The zero-order valence-corrected chi connectivity index (χ0v) is 20.0. The number of carbonyl (C=O) groups is 2. The fraction of sp³-hybridized carbons (Fsp3) is 0.360. The minimum atomic E-state index is -0.246. The minimum Gasteiger partial charge on any atom is -0.484 e. The summed E-state index contributed by atoms with van der Waals surface area (Å²) in [6.45, 7) is 4.45. The van der Waals surface area contributed by atoms with Crippen LogP contribution in [0, 0.1) is 0 Å². The van der Waals surface area contributed by atoms with Crippen molar-refractivity contribution in [3.05, 3.63) is 77.5 Å². The molecule has 0 saturated carbocycles. The molecule has 0 fully saturated rings. The largest absolute Gasteiger partial charge is 0.484 e.